The van der Waals surface area contributed by atoms with Gasteiger partial charge in [-0.1, -0.05) is 18.2 Å². The Morgan fingerprint density at radius 2 is 2.06 bits per heavy atom. The largest absolute Gasteiger partial charge is 0.481 e. The van der Waals surface area contributed by atoms with Gasteiger partial charge in [-0.15, -0.1) is 0 Å². The zero-order valence-corrected chi connectivity index (χ0v) is 10.9. The Kier molecular flexibility index (Phi) is 6.07. The molecule has 0 saturated heterocycles. The number of para-hydroxylation sites is 1. The Bertz CT molecular complexity index is 424. The Balaban J connectivity index is 2.50. The van der Waals surface area contributed by atoms with Crippen molar-refractivity contribution >= 4 is 29.4 Å². The Morgan fingerprint density at radius 1 is 1.33 bits per heavy atom. The van der Waals surface area contributed by atoms with E-state index in [0.29, 0.717) is 0 Å². The second-order valence-electron chi connectivity index (χ2n) is 3.61. The number of aliphatic carboxylic acids is 1. The normalized spacial score (nSPS) is 9.83. The monoisotopic (exact) mass is 268 g/mol. The van der Waals surface area contributed by atoms with Gasteiger partial charge < -0.3 is 15.7 Å². The van der Waals surface area contributed by atoms with Crippen molar-refractivity contribution in [2.24, 2.45) is 0 Å². The molecule has 2 amide bonds. The SMILES string of the molecule is CSCc1ccccc1NC(=O)NCCC(=O)O. The maximum Gasteiger partial charge on any atom is 0.319 e. The summed E-state index contributed by atoms with van der Waals surface area (Å²) >= 11 is 1.67. The van der Waals surface area contributed by atoms with Gasteiger partial charge in [-0.3, -0.25) is 4.79 Å². The summed E-state index contributed by atoms with van der Waals surface area (Å²) in [6.45, 7) is 0.117. The van der Waals surface area contributed by atoms with Crippen molar-refractivity contribution in [2.75, 3.05) is 18.1 Å². The predicted octanol–water partition coefficient (Wildman–Crippen LogP) is 2.15. The van der Waals surface area contributed by atoms with Crippen molar-refractivity contribution in [1.29, 1.82) is 0 Å². The van der Waals surface area contributed by atoms with E-state index in [9.17, 15) is 9.59 Å². The molecule has 0 aliphatic carbocycles. The third-order valence-electron chi connectivity index (χ3n) is 2.19. The second-order valence-corrected chi connectivity index (χ2v) is 4.48. The van der Waals surface area contributed by atoms with E-state index in [0.717, 1.165) is 17.0 Å². The van der Waals surface area contributed by atoms with Crippen LogP contribution in [-0.4, -0.2) is 29.9 Å². The highest BCUT2D eigenvalue weighted by atomic mass is 32.2. The quantitative estimate of drug-likeness (QED) is 0.738. The van der Waals surface area contributed by atoms with Gasteiger partial charge in [0.15, 0.2) is 0 Å². The van der Waals surface area contributed by atoms with Gasteiger partial charge in [0.05, 0.1) is 6.42 Å². The highest BCUT2D eigenvalue weighted by Gasteiger charge is 2.06. The highest BCUT2D eigenvalue weighted by Crippen LogP contribution is 2.19. The van der Waals surface area contributed by atoms with Crippen LogP contribution in [0.25, 0.3) is 0 Å². The zero-order chi connectivity index (χ0) is 13.4. The molecule has 0 aromatic heterocycles. The molecule has 0 fully saturated rings. The fraction of sp³-hybridized carbons (Fsp3) is 0.333. The second kappa shape index (κ2) is 7.60. The number of nitrogens with one attached hydrogen (secondary N) is 2. The number of amides is 2. The smallest absolute Gasteiger partial charge is 0.319 e. The van der Waals surface area contributed by atoms with E-state index in [4.69, 9.17) is 5.11 Å². The molecule has 6 heteroatoms. The number of carboxylic acid groups (broad SMARTS) is 1. The summed E-state index contributed by atoms with van der Waals surface area (Å²) in [6, 6.07) is 7.14. The number of thioether (sulfide) groups is 1. The molecule has 0 unspecified atom stereocenters. The Labute approximate surface area is 110 Å². The van der Waals surface area contributed by atoms with Gasteiger partial charge in [0.1, 0.15) is 0 Å². The molecule has 0 saturated carbocycles. The number of anilines is 1. The van der Waals surface area contributed by atoms with E-state index in [1.54, 1.807) is 11.8 Å². The van der Waals surface area contributed by atoms with Crippen molar-refractivity contribution in [2.45, 2.75) is 12.2 Å². The summed E-state index contributed by atoms with van der Waals surface area (Å²) in [4.78, 5) is 21.8. The molecule has 1 rings (SSSR count). The summed E-state index contributed by atoms with van der Waals surface area (Å²) in [5.74, 6) is -0.121. The van der Waals surface area contributed by atoms with E-state index in [2.05, 4.69) is 10.6 Å². The molecule has 0 heterocycles. The zero-order valence-electron chi connectivity index (χ0n) is 10.1. The van der Waals surface area contributed by atoms with Gasteiger partial charge in [0.2, 0.25) is 0 Å². The van der Waals surface area contributed by atoms with Crippen LogP contribution < -0.4 is 10.6 Å². The minimum atomic E-state index is -0.932. The molecule has 0 radical (unpaired) electrons. The van der Waals surface area contributed by atoms with Crippen LogP contribution in [0.2, 0.25) is 0 Å². The van der Waals surface area contributed by atoms with Crippen LogP contribution in [0.1, 0.15) is 12.0 Å². The van der Waals surface area contributed by atoms with Gasteiger partial charge in [-0.25, -0.2) is 4.79 Å². The molecule has 1 aromatic rings. The minimum Gasteiger partial charge on any atom is -0.481 e. The summed E-state index contributed by atoms with van der Waals surface area (Å²) in [5.41, 5.74) is 1.79. The lowest BCUT2D eigenvalue weighted by Gasteiger charge is -2.10. The summed E-state index contributed by atoms with van der Waals surface area (Å²) in [6.07, 6.45) is 1.91. The number of hydrogen-bond acceptors (Lipinski definition) is 3. The van der Waals surface area contributed by atoms with Gasteiger partial charge in [0.25, 0.3) is 0 Å². The number of carbonyl (C=O) groups is 2. The molecule has 0 aliphatic heterocycles. The molecule has 0 spiro atoms. The fourth-order valence-corrected chi connectivity index (χ4v) is 1.94. The molecule has 98 valence electrons. The maximum atomic E-state index is 11.5. The number of carbonyl (C=O) groups excluding carboxylic acids is 1. The molecule has 0 atom stereocenters. The molecular formula is C12H16N2O3S. The number of benzene rings is 1. The minimum absolute atomic E-state index is 0.0835. The summed E-state index contributed by atoms with van der Waals surface area (Å²) in [5, 5.41) is 13.7. The molecule has 18 heavy (non-hydrogen) atoms. The van der Waals surface area contributed by atoms with Crippen molar-refractivity contribution in [3.8, 4) is 0 Å². The van der Waals surface area contributed by atoms with Gasteiger partial charge in [-0.2, -0.15) is 11.8 Å². The molecule has 0 bridgehead atoms. The molecule has 5 nitrogen and oxygen atoms in total. The number of urea groups is 1. The number of carboxylic acids is 1. The van der Waals surface area contributed by atoms with Crippen LogP contribution in [0, 0.1) is 0 Å². The molecule has 1 aromatic carbocycles. The van der Waals surface area contributed by atoms with Crippen LogP contribution >= 0.6 is 11.8 Å². The average molecular weight is 268 g/mol. The van der Waals surface area contributed by atoms with Crippen molar-refractivity contribution in [1.82, 2.24) is 5.32 Å². The van der Waals surface area contributed by atoms with Crippen LogP contribution in [-0.2, 0) is 10.5 Å². The third kappa shape index (κ3) is 5.09. The predicted molar refractivity (Wildman–Crippen MR) is 72.9 cm³/mol. The van der Waals surface area contributed by atoms with E-state index in [1.807, 2.05) is 30.5 Å². The highest BCUT2D eigenvalue weighted by molar-refractivity contribution is 7.97. The van der Waals surface area contributed by atoms with Crippen LogP contribution in [0.4, 0.5) is 10.5 Å². The standard InChI is InChI=1S/C12H16N2O3S/c1-18-8-9-4-2-3-5-10(9)14-12(17)13-7-6-11(15)16/h2-5H,6-8H2,1H3,(H,15,16)(H2,13,14,17). The van der Waals surface area contributed by atoms with Crippen LogP contribution in [0.15, 0.2) is 24.3 Å². The van der Waals surface area contributed by atoms with Gasteiger partial charge in [-0.05, 0) is 17.9 Å². The lowest BCUT2D eigenvalue weighted by atomic mass is 10.2. The van der Waals surface area contributed by atoms with Crippen LogP contribution in [0.3, 0.4) is 0 Å². The van der Waals surface area contributed by atoms with E-state index in [1.165, 1.54) is 0 Å². The van der Waals surface area contributed by atoms with Crippen LogP contribution in [0.5, 0.6) is 0 Å². The number of hydrogen-bond donors (Lipinski definition) is 3. The van der Waals surface area contributed by atoms with E-state index >= 15 is 0 Å². The van der Waals surface area contributed by atoms with Gasteiger partial charge in [0, 0.05) is 18.0 Å². The van der Waals surface area contributed by atoms with E-state index in [-0.39, 0.29) is 19.0 Å². The first-order chi connectivity index (χ1) is 8.63. The van der Waals surface area contributed by atoms with E-state index < -0.39 is 5.97 Å². The first kappa shape index (κ1) is 14.4. The first-order valence-electron chi connectivity index (χ1n) is 5.47. The molecule has 3 N–H and O–H groups in total. The average Bonchev–Trinajstić information content (AvgIpc) is 2.31. The van der Waals surface area contributed by atoms with Crippen molar-refractivity contribution in [3.05, 3.63) is 29.8 Å². The summed E-state index contributed by atoms with van der Waals surface area (Å²) in [7, 11) is 0. The topological polar surface area (TPSA) is 78.4 Å². The fourth-order valence-electron chi connectivity index (χ4n) is 1.37. The van der Waals surface area contributed by atoms with Crippen molar-refractivity contribution < 1.29 is 14.7 Å². The number of rotatable bonds is 6. The van der Waals surface area contributed by atoms with Gasteiger partial charge >= 0.3 is 12.0 Å². The van der Waals surface area contributed by atoms with Crippen molar-refractivity contribution in [3.63, 3.8) is 0 Å². The lowest BCUT2D eigenvalue weighted by Crippen LogP contribution is -2.30. The Hall–Kier alpha value is -1.69. The third-order valence-corrected chi connectivity index (χ3v) is 2.79. The molecule has 0 aliphatic rings. The Morgan fingerprint density at radius 3 is 2.72 bits per heavy atom. The maximum absolute atomic E-state index is 11.5. The summed E-state index contributed by atoms with van der Waals surface area (Å²) < 4.78 is 0. The first-order valence-corrected chi connectivity index (χ1v) is 6.86. The lowest BCUT2D eigenvalue weighted by molar-refractivity contribution is -0.136. The molecular weight excluding hydrogens is 252 g/mol.